The summed E-state index contributed by atoms with van der Waals surface area (Å²) in [6.07, 6.45) is 4.56. The van der Waals surface area contributed by atoms with Crippen molar-refractivity contribution in [2.24, 2.45) is 0 Å². The molecule has 4 nitrogen and oxygen atoms in total. The van der Waals surface area contributed by atoms with Crippen molar-refractivity contribution in [2.45, 2.75) is 19.9 Å². The van der Waals surface area contributed by atoms with Gasteiger partial charge in [0.05, 0.1) is 6.20 Å². The van der Waals surface area contributed by atoms with Crippen molar-refractivity contribution in [3.05, 3.63) is 53.6 Å². The molecule has 0 aliphatic rings. The van der Waals surface area contributed by atoms with Gasteiger partial charge in [-0.2, -0.15) is 5.10 Å². The molecule has 2 aromatic rings. The zero-order valence-electron chi connectivity index (χ0n) is 10.8. The third kappa shape index (κ3) is 3.91. The van der Waals surface area contributed by atoms with E-state index >= 15 is 0 Å². The molecule has 19 heavy (non-hydrogen) atoms. The second-order valence-electron chi connectivity index (χ2n) is 4.40. The molecule has 1 heterocycles. The highest BCUT2D eigenvalue weighted by atomic mass is 19.1. The molecule has 2 rings (SSSR count). The van der Waals surface area contributed by atoms with Gasteiger partial charge in [0.2, 0.25) is 0 Å². The lowest BCUT2D eigenvalue weighted by Gasteiger charge is -2.05. The van der Waals surface area contributed by atoms with Gasteiger partial charge < -0.3 is 5.32 Å². The van der Waals surface area contributed by atoms with Gasteiger partial charge >= 0.3 is 0 Å². The van der Waals surface area contributed by atoms with E-state index in [1.807, 2.05) is 17.8 Å². The summed E-state index contributed by atoms with van der Waals surface area (Å²) in [5, 5.41) is 6.96. The maximum absolute atomic E-state index is 12.7. The fourth-order valence-corrected chi connectivity index (χ4v) is 1.74. The number of hydrogen-bond donors (Lipinski definition) is 1. The number of aryl methyl sites for hydroxylation is 2. The van der Waals surface area contributed by atoms with Crippen LogP contribution >= 0.6 is 0 Å². The van der Waals surface area contributed by atoms with Crippen LogP contribution in [0.2, 0.25) is 0 Å². The van der Waals surface area contributed by atoms with E-state index < -0.39 is 0 Å². The van der Waals surface area contributed by atoms with Gasteiger partial charge in [-0.05, 0) is 43.2 Å². The molecule has 0 radical (unpaired) electrons. The number of nitrogens with zero attached hydrogens (tertiary/aromatic N) is 2. The Morgan fingerprint density at radius 2 is 2.11 bits per heavy atom. The van der Waals surface area contributed by atoms with Crippen LogP contribution in [0.15, 0.2) is 36.7 Å². The Kier molecular flexibility index (Phi) is 4.28. The molecule has 0 atom stereocenters. The second-order valence-corrected chi connectivity index (χ2v) is 4.40. The molecule has 0 aliphatic heterocycles. The minimum absolute atomic E-state index is 0.184. The molecule has 5 heteroatoms. The number of carbonyl (C=O) groups excluding carboxylic acids is 1. The first-order chi connectivity index (χ1) is 9.15. The van der Waals surface area contributed by atoms with E-state index in [1.165, 1.54) is 24.3 Å². The zero-order chi connectivity index (χ0) is 13.7. The minimum atomic E-state index is -0.342. The predicted molar refractivity (Wildman–Crippen MR) is 70.3 cm³/mol. The molecule has 0 aliphatic carbocycles. The van der Waals surface area contributed by atoms with Gasteiger partial charge in [0.15, 0.2) is 0 Å². The zero-order valence-corrected chi connectivity index (χ0v) is 10.8. The van der Waals surface area contributed by atoms with E-state index in [2.05, 4.69) is 10.4 Å². The number of rotatable bonds is 5. The molecular formula is C14H16FN3O. The molecule has 0 saturated carbocycles. The summed E-state index contributed by atoms with van der Waals surface area (Å²) in [6, 6.07) is 5.51. The average molecular weight is 261 g/mol. The first kappa shape index (κ1) is 13.3. The van der Waals surface area contributed by atoms with Crippen LogP contribution in [0.5, 0.6) is 0 Å². The summed E-state index contributed by atoms with van der Waals surface area (Å²) in [5.74, 6) is -0.526. The van der Waals surface area contributed by atoms with Gasteiger partial charge in [-0.25, -0.2) is 4.39 Å². The van der Waals surface area contributed by atoms with Crippen molar-refractivity contribution in [3.63, 3.8) is 0 Å². The molecule has 1 aromatic carbocycles. The highest BCUT2D eigenvalue weighted by Gasteiger charge is 2.04. The minimum Gasteiger partial charge on any atom is -0.352 e. The fourth-order valence-electron chi connectivity index (χ4n) is 1.74. The van der Waals surface area contributed by atoms with Crippen LogP contribution in [0.1, 0.15) is 22.3 Å². The van der Waals surface area contributed by atoms with Crippen LogP contribution < -0.4 is 5.32 Å². The third-order valence-electron chi connectivity index (χ3n) is 2.72. The predicted octanol–water partition coefficient (Wildman–Crippen LogP) is 2.15. The van der Waals surface area contributed by atoms with E-state index in [1.54, 1.807) is 6.20 Å². The second kappa shape index (κ2) is 6.13. The lowest BCUT2D eigenvalue weighted by atomic mass is 10.2. The number of hydrogen-bond acceptors (Lipinski definition) is 2. The number of halogens is 1. The Bertz CT molecular complexity index is 548. The molecule has 0 fully saturated rings. The number of aromatic nitrogens is 2. The summed E-state index contributed by atoms with van der Waals surface area (Å²) >= 11 is 0. The van der Waals surface area contributed by atoms with E-state index in [0.717, 1.165) is 18.5 Å². The Labute approximate surface area is 111 Å². The maximum atomic E-state index is 12.7. The van der Waals surface area contributed by atoms with E-state index in [-0.39, 0.29) is 11.7 Å². The van der Waals surface area contributed by atoms with Crippen LogP contribution in [0, 0.1) is 12.7 Å². The van der Waals surface area contributed by atoms with Gasteiger partial charge in [-0.3, -0.25) is 9.48 Å². The molecule has 0 spiro atoms. The van der Waals surface area contributed by atoms with Crippen LogP contribution in [0.25, 0.3) is 0 Å². The first-order valence-corrected chi connectivity index (χ1v) is 6.18. The van der Waals surface area contributed by atoms with Gasteiger partial charge in [-0.15, -0.1) is 0 Å². The van der Waals surface area contributed by atoms with Crippen LogP contribution in [-0.2, 0) is 6.54 Å². The number of benzene rings is 1. The molecule has 0 unspecified atom stereocenters. The first-order valence-electron chi connectivity index (χ1n) is 6.18. The Morgan fingerprint density at radius 3 is 2.74 bits per heavy atom. The average Bonchev–Trinajstić information content (AvgIpc) is 2.81. The molecule has 1 aromatic heterocycles. The smallest absolute Gasteiger partial charge is 0.251 e. The van der Waals surface area contributed by atoms with Crippen molar-refractivity contribution < 1.29 is 9.18 Å². The Hall–Kier alpha value is -2.17. The normalized spacial score (nSPS) is 10.4. The van der Waals surface area contributed by atoms with Gasteiger partial charge in [0.25, 0.3) is 5.91 Å². The van der Waals surface area contributed by atoms with Crippen molar-refractivity contribution in [1.29, 1.82) is 0 Å². The molecule has 0 saturated heterocycles. The van der Waals surface area contributed by atoms with E-state index in [0.29, 0.717) is 12.1 Å². The van der Waals surface area contributed by atoms with Crippen molar-refractivity contribution in [2.75, 3.05) is 6.54 Å². The van der Waals surface area contributed by atoms with Crippen molar-refractivity contribution in [1.82, 2.24) is 15.1 Å². The molecule has 1 N–H and O–H groups in total. The summed E-state index contributed by atoms with van der Waals surface area (Å²) in [5.41, 5.74) is 1.59. The quantitative estimate of drug-likeness (QED) is 0.838. The molecule has 1 amide bonds. The molecule has 0 bridgehead atoms. The van der Waals surface area contributed by atoms with Crippen molar-refractivity contribution in [3.8, 4) is 0 Å². The highest BCUT2D eigenvalue weighted by molar-refractivity contribution is 5.94. The van der Waals surface area contributed by atoms with Crippen LogP contribution in [0.4, 0.5) is 4.39 Å². The number of nitrogens with one attached hydrogen (secondary N) is 1. The maximum Gasteiger partial charge on any atom is 0.251 e. The van der Waals surface area contributed by atoms with E-state index in [9.17, 15) is 9.18 Å². The SMILES string of the molecule is Cc1cnn(CCCNC(=O)c2ccc(F)cc2)c1. The summed E-state index contributed by atoms with van der Waals surface area (Å²) in [7, 11) is 0. The summed E-state index contributed by atoms with van der Waals surface area (Å²) in [4.78, 5) is 11.7. The molecule has 100 valence electrons. The largest absolute Gasteiger partial charge is 0.352 e. The van der Waals surface area contributed by atoms with Crippen LogP contribution in [-0.4, -0.2) is 22.2 Å². The highest BCUT2D eigenvalue weighted by Crippen LogP contribution is 2.02. The van der Waals surface area contributed by atoms with Gasteiger partial charge in [-0.1, -0.05) is 0 Å². The standard InChI is InChI=1S/C14H16FN3O/c1-11-9-17-18(10-11)8-2-7-16-14(19)12-3-5-13(15)6-4-12/h3-6,9-10H,2,7-8H2,1H3,(H,16,19). The monoisotopic (exact) mass is 261 g/mol. The van der Waals surface area contributed by atoms with Gasteiger partial charge in [0, 0.05) is 24.8 Å². The topological polar surface area (TPSA) is 46.9 Å². The summed E-state index contributed by atoms with van der Waals surface area (Å²) in [6.45, 7) is 3.31. The lowest BCUT2D eigenvalue weighted by molar-refractivity contribution is 0.0952. The van der Waals surface area contributed by atoms with Crippen molar-refractivity contribution >= 4 is 5.91 Å². The Morgan fingerprint density at radius 1 is 1.37 bits per heavy atom. The lowest BCUT2D eigenvalue weighted by Crippen LogP contribution is -2.25. The van der Waals surface area contributed by atoms with Gasteiger partial charge in [0.1, 0.15) is 5.82 Å². The number of amides is 1. The fraction of sp³-hybridized carbons (Fsp3) is 0.286. The van der Waals surface area contributed by atoms with Crippen LogP contribution in [0.3, 0.4) is 0 Å². The Balaban J connectivity index is 1.73. The number of carbonyl (C=O) groups is 1. The third-order valence-corrected chi connectivity index (χ3v) is 2.72. The van der Waals surface area contributed by atoms with E-state index in [4.69, 9.17) is 0 Å². The molecular weight excluding hydrogens is 245 g/mol. The summed E-state index contributed by atoms with van der Waals surface area (Å²) < 4.78 is 14.6.